The van der Waals surface area contributed by atoms with E-state index in [1.807, 2.05) is 11.3 Å². The topological polar surface area (TPSA) is 36.4 Å². The zero-order valence-corrected chi connectivity index (χ0v) is 11.4. The molecule has 1 aromatic heterocycles. The predicted molar refractivity (Wildman–Crippen MR) is 74.6 cm³/mol. The minimum absolute atomic E-state index is 0.776. The van der Waals surface area contributed by atoms with Gasteiger partial charge in [0.1, 0.15) is 0 Å². The van der Waals surface area contributed by atoms with Crippen molar-refractivity contribution in [3.05, 3.63) is 21.9 Å². The van der Waals surface area contributed by atoms with Gasteiger partial charge in [-0.3, -0.25) is 0 Å². The van der Waals surface area contributed by atoms with Crippen molar-refractivity contribution in [2.24, 2.45) is 10.9 Å². The van der Waals surface area contributed by atoms with Gasteiger partial charge < -0.3 is 10.6 Å². The second kappa shape index (κ2) is 6.05. The van der Waals surface area contributed by atoms with Crippen LogP contribution in [0.3, 0.4) is 0 Å². The molecule has 4 heteroatoms. The molecule has 1 saturated carbocycles. The SMILES string of the molecule is CCNC(=NCc1ccc(C)s1)NCC1CC1. The summed E-state index contributed by atoms with van der Waals surface area (Å²) in [5.41, 5.74) is 0. The van der Waals surface area contributed by atoms with Gasteiger partial charge in [0.15, 0.2) is 5.96 Å². The molecule has 0 saturated heterocycles. The summed E-state index contributed by atoms with van der Waals surface area (Å²) >= 11 is 1.82. The van der Waals surface area contributed by atoms with E-state index in [0.717, 1.165) is 31.5 Å². The van der Waals surface area contributed by atoms with Crippen molar-refractivity contribution in [1.82, 2.24) is 10.6 Å². The number of guanidine groups is 1. The van der Waals surface area contributed by atoms with Crippen LogP contribution in [-0.4, -0.2) is 19.0 Å². The van der Waals surface area contributed by atoms with Crippen LogP contribution < -0.4 is 10.6 Å². The summed E-state index contributed by atoms with van der Waals surface area (Å²) in [6.07, 6.45) is 2.74. The average Bonchev–Trinajstić information content (AvgIpc) is 3.05. The first-order chi connectivity index (χ1) is 8.28. The minimum Gasteiger partial charge on any atom is -0.357 e. The number of nitrogens with zero attached hydrogens (tertiary/aromatic N) is 1. The smallest absolute Gasteiger partial charge is 0.191 e. The molecule has 0 aromatic carbocycles. The second-order valence-electron chi connectivity index (χ2n) is 4.53. The molecule has 2 N–H and O–H groups in total. The predicted octanol–water partition coefficient (Wildman–Crippen LogP) is 2.52. The Hall–Kier alpha value is -1.03. The van der Waals surface area contributed by atoms with E-state index in [1.165, 1.54) is 22.6 Å². The summed E-state index contributed by atoms with van der Waals surface area (Å²) in [5.74, 6) is 1.83. The Morgan fingerprint density at radius 1 is 1.41 bits per heavy atom. The molecule has 1 heterocycles. The van der Waals surface area contributed by atoms with E-state index in [0.29, 0.717) is 0 Å². The van der Waals surface area contributed by atoms with Gasteiger partial charge in [-0.1, -0.05) is 0 Å². The molecule has 0 unspecified atom stereocenters. The van der Waals surface area contributed by atoms with Crippen LogP contribution in [0.2, 0.25) is 0 Å². The fourth-order valence-electron chi connectivity index (χ4n) is 1.63. The number of aryl methyl sites for hydroxylation is 1. The molecule has 2 rings (SSSR count). The number of thiophene rings is 1. The maximum absolute atomic E-state index is 4.60. The van der Waals surface area contributed by atoms with Gasteiger partial charge in [-0.15, -0.1) is 11.3 Å². The number of hydrogen-bond donors (Lipinski definition) is 2. The fraction of sp³-hybridized carbons (Fsp3) is 0.615. The van der Waals surface area contributed by atoms with Gasteiger partial charge in [0.05, 0.1) is 6.54 Å². The zero-order valence-electron chi connectivity index (χ0n) is 10.6. The van der Waals surface area contributed by atoms with E-state index in [2.05, 4.69) is 41.6 Å². The Bertz CT molecular complexity index is 380. The molecule has 17 heavy (non-hydrogen) atoms. The largest absolute Gasteiger partial charge is 0.357 e. The molecule has 0 bridgehead atoms. The summed E-state index contributed by atoms with van der Waals surface area (Å²) in [4.78, 5) is 7.28. The molecule has 0 aliphatic heterocycles. The first-order valence-corrected chi connectivity index (χ1v) is 7.17. The molecule has 1 fully saturated rings. The number of aliphatic imine (C=N–C) groups is 1. The van der Waals surface area contributed by atoms with Gasteiger partial charge in [-0.2, -0.15) is 0 Å². The van der Waals surface area contributed by atoms with Crippen molar-refractivity contribution in [3.8, 4) is 0 Å². The van der Waals surface area contributed by atoms with Crippen molar-refractivity contribution in [2.75, 3.05) is 13.1 Å². The maximum Gasteiger partial charge on any atom is 0.191 e. The average molecular weight is 251 g/mol. The molecule has 94 valence electrons. The van der Waals surface area contributed by atoms with Crippen LogP contribution in [-0.2, 0) is 6.54 Å². The first kappa shape index (κ1) is 12.4. The van der Waals surface area contributed by atoms with E-state index in [1.54, 1.807) is 0 Å². The molecule has 0 atom stereocenters. The lowest BCUT2D eigenvalue weighted by Gasteiger charge is -2.10. The van der Waals surface area contributed by atoms with Crippen LogP contribution >= 0.6 is 11.3 Å². The van der Waals surface area contributed by atoms with Crippen molar-refractivity contribution in [3.63, 3.8) is 0 Å². The number of hydrogen-bond acceptors (Lipinski definition) is 2. The normalized spacial score (nSPS) is 16.0. The Morgan fingerprint density at radius 2 is 2.24 bits per heavy atom. The lowest BCUT2D eigenvalue weighted by Crippen LogP contribution is -2.38. The van der Waals surface area contributed by atoms with Crippen LogP contribution in [0.1, 0.15) is 29.5 Å². The number of rotatable bonds is 5. The molecule has 0 amide bonds. The highest BCUT2D eigenvalue weighted by atomic mass is 32.1. The second-order valence-corrected chi connectivity index (χ2v) is 5.90. The zero-order chi connectivity index (χ0) is 12.1. The van der Waals surface area contributed by atoms with Crippen molar-refractivity contribution < 1.29 is 0 Å². The number of nitrogens with one attached hydrogen (secondary N) is 2. The third kappa shape index (κ3) is 4.38. The molecular formula is C13H21N3S. The molecule has 1 aliphatic carbocycles. The van der Waals surface area contributed by atoms with Crippen molar-refractivity contribution in [1.29, 1.82) is 0 Å². The van der Waals surface area contributed by atoms with Crippen LogP contribution in [0.25, 0.3) is 0 Å². The monoisotopic (exact) mass is 251 g/mol. The van der Waals surface area contributed by atoms with E-state index < -0.39 is 0 Å². The van der Waals surface area contributed by atoms with Crippen LogP contribution in [0.5, 0.6) is 0 Å². The standard InChI is InChI=1S/C13H21N3S/c1-3-14-13(15-8-11-5-6-11)16-9-12-7-4-10(2)17-12/h4,7,11H,3,5-6,8-9H2,1-2H3,(H2,14,15,16). The van der Waals surface area contributed by atoms with Gasteiger partial charge >= 0.3 is 0 Å². The molecular weight excluding hydrogens is 230 g/mol. The Kier molecular flexibility index (Phi) is 4.42. The lowest BCUT2D eigenvalue weighted by molar-refractivity contribution is 0.740. The Morgan fingerprint density at radius 3 is 2.82 bits per heavy atom. The fourth-order valence-corrected chi connectivity index (χ4v) is 2.45. The highest BCUT2D eigenvalue weighted by molar-refractivity contribution is 7.11. The van der Waals surface area contributed by atoms with Crippen molar-refractivity contribution >= 4 is 17.3 Å². The van der Waals surface area contributed by atoms with E-state index in [9.17, 15) is 0 Å². The van der Waals surface area contributed by atoms with Gasteiger partial charge in [-0.05, 0) is 44.7 Å². The van der Waals surface area contributed by atoms with Gasteiger partial charge in [0, 0.05) is 22.8 Å². The highest BCUT2D eigenvalue weighted by Crippen LogP contribution is 2.27. The Balaban J connectivity index is 1.84. The first-order valence-electron chi connectivity index (χ1n) is 6.35. The van der Waals surface area contributed by atoms with Crippen LogP contribution in [0.4, 0.5) is 0 Å². The molecule has 0 spiro atoms. The van der Waals surface area contributed by atoms with Crippen LogP contribution in [0.15, 0.2) is 17.1 Å². The summed E-state index contributed by atoms with van der Waals surface area (Å²) in [7, 11) is 0. The molecule has 0 radical (unpaired) electrons. The summed E-state index contributed by atoms with van der Waals surface area (Å²) < 4.78 is 0. The molecule has 1 aliphatic rings. The highest BCUT2D eigenvalue weighted by Gasteiger charge is 2.20. The minimum atomic E-state index is 0.776. The summed E-state index contributed by atoms with van der Waals surface area (Å²) in [6, 6.07) is 4.31. The molecule has 3 nitrogen and oxygen atoms in total. The summed E-state index contributed by atoms with van der Waals surface area (Å²) in [5, 5.41) is 6.69. The summed E-state index contributed by atoms with van der Waals surface area (Å²) in [6.45, 7) is 6.99. The van der Waals surface area contributed by atoms with Crippen molar-refractivity contribution in [2.45, 2.75) is 33.2 Å². The Labute approximate surface area is 107 Å². The van der Waals surface area contributed by atoms with Gasteiger partial charge in [-0.25, -0.2) is 4.99 Å². The van der Waals surface area contributed by atoms with E-state index in [-0.39, 0.29) is 0 Å². The lowest BCUT2D eigenvalue weighted by atomic mass is 10.4. The van der Waals surface area contributed by atoms with E-state index in [4.69, 9.17) is 0 Å². The third-order valence-corrected chi connectivity index (χ3v) is 3.77. The quantitative estimate of drug-likeness (QED) is 0.623. The molecule has 1 aromatic rings. The van der Waals surface area contributed by atoms with Crippen LogP contribution in [0, 0.1) is 12.8 Å². The maximum atomic E-state index is 4.60. The third-order valence-electron chi connectivity index (χ3n) is 2.79. The van der Waals surface area contributed by atoms with Gasteiger partial charge in [0.2, 0.25) is 0 Å². The van der Waals surface area contributed by atoms with E-state index >= 15 is 0 Å². The van der Waals surface area contributed by atoms with Gasteiger partial charge in [0.25, 0.3) is 0 Å².